The van der Waals surface area contributed by atoms with Crippen LogP contribution in [0, 0.1) is 6.92 Å². The predicted octanol–water partition coefficient (Wildman–Crippen LogP) is 3.47. The quantitative estimate of drug-likeness (QED) is 0.797. The van der Waals surface area contributed by atoms with E-state index < -0.39 is 10.0 Å². The summed E-state index contributed by atoms with van der Waals surface area (Å²) in [6.45, 7) is 1.97. The maximum Gasteiger partial charge on any atom is 0.240 e. The summed E-state index contributed by atoms with van der Waals surface area (Å²) in [7, 11) is -3.61. The Morgan fingerprint density at radius 2 is 2.00 bits per heavy atom. The van der Waals surface area contributed by atoms with Crippen molar-refractivity contribution < 1.29 is 8.42 Å². The van der Waals surface area contributed by atoms with Gasteiger partial charge < -0.3 is 5.73 Å². The molecule has 0 saturated carbocycles. The number of halogens is 2. The summed E-state index contributed by atoms with van der Waals surface area (Å²) >= 11 is 13.1. The number of sulfonamides is 1. The van der Waals surface area contributed by atoms with Crippen LogP contribution in [-0.4, -0.2) is 15.0 Å². The fraction of sp³-hybridized carbons (Fsp3) is 0.231. The molecule has 1 aromatic heterocycles. The van der Waals surface area contributed by atoms with Gasteiger partial charge in [0.05, 0.1) is 19.9 Å². The molecule has 0 spiro atoms. The fourth-order valence-corrected chi connectivity index (χ4v) is 4.43. The number of anilines is 1. The third-order valence-electron chi connectivity index (χ3n) is 2.88. The van der Waals surface area contributed by atoms with Gasteiger partial charge in [0.25, 0.3) is 0 Å². The van der Waals surface area contributed by atoms with Crippen molar-refractivity contribution >= 4 is 50.2 Å². The van der Waals surface area contributed by atoms with Crippen molar-refractivity contribution in [2.24, 2.45) is 0 Å². The highest BCUT2D eigenvalue weighted by Gasteiger charge is 2.18. The first-order valence-corrected chi connectivity index (χ1v) is 9.14. The maximum atomic E-state index is 12.3. The molecule has 0 aliphatic heterocycles. The minimum atomic E-state index is -3.61. The number of hydrogen-bond donors (Lipinski definition) is 2. The van der Waals surface area contributed by atoms with Gasteiger partial charge in [-0.1, -0.05) is 23.2 Å². The van der Waals surface area contributed by atoms with E-state index >= 15 is 0 Å². The highest BCUT2D eigenvalue weighted by Crippen LogP contribution is 2.26. The fourth-order valence-electron chi connectivity index (χ4n) is 1.83. The standard InChI is InChI=1S/C13H14Cl2N2O2S2/c1-8-6-10(14)11(16)7-12(8)21(18,19)17-5-4-9-2-3-13(15)20-9/h2-3,6-7,17H,4-5,16H2,1H3. The van der Waals surface area contributed by atoms with Gasteiger partial charge in [-0.05, 0) is 43.2 Å². The van der Waals surface area contributed by atoms with Crippen LogP contribution in [0.25, 0.3) is 0 Å². The summed E-state index contributed by atoms with van der Waals surface area (Å²) in [6.07, 6.45) is 0.582. The molecule has 0 aliphatic carbocycles. The minimum Gasteiger partial charge on any atom is -0.397 e. The third-order valence-corrected chi connectivity index (χ3v) is 6.10. The molecule has 114 valence electrons. The van der Waals surface area contributed by atoms with Crippen molar-refractivity contribution in [2.75, 3.05) is 12.3 Å². The van der Waals surface area contributed by atoms with Crippen LogP contribution in [0.4, 0.5) is 5.69 Å². The number of benzene rings is 1. The number of rotatable bonds is 5. The summed E-state index contributed by atoms with van der Waals surface area (Å²) in [6, 6.07) is 6.60. The number of aryl methyl sites for hydroxylation is 1. The van der Waals surface area contributed by atoms with Gasteiger partial charge >= 0.3 is 0 Å². The van der Waals surface area contributed by atoms with E-state index in [2.05, 4.69) is 4.72 Å². The molecule has 0 amide bonds. The molecule has 0 fully saturated rings. The largest absolute Gasteiger partial charge is 0.397 e. The van der Waals surface area contributed by atoms with E-state index in [1.165, 1.54) is 17.4 Å². The summed E-state index contributed by atoms with van der Waals surface area (Å²) in [4.78, 5) is 1.17. The minimum absolute atomic E-state index is 0.147. The molecule has 0 aliphatic rings. The molecule has 21 heavy (non-hydrogen) atoms. The molecule has 0 unspecified atom stereocenters. The van der Waals surface area contributed by atoms with Crippen molar-refractivity contribution in [1.29, 1.82) is 0 Å². The van der Waals surface area contributed by atoms with Crippen molar-refractivity contribution in [2.45, 2.75) is 18.2 Å². The monoisotopic (exact) mass is 364 g/mol. The average Bonchev–Trinajstić information content (AvgIpc) is 2.79. The summed E-state index contributed by atoms with van der Waals surface area (Å²) < 4.78 is 27.8. The van der Waals surface area contributed by atoms with E-state index in [-0.39, 0.29) is 10.6 Å². The Labute approximate surface area is 137 Å². The van der Waals surface area contributed by atoms with Crippen molar-refractivity contribution in [3.8, 4) is 0 Å². The molecule has 4 nitrogen and oxygen atoms in total. The van der Waals surface area contributed by atoms with Crippen molar-refractivity contribution in [1.82, 2.24) is 4.72 Å². The Morgan fingerprint density at radius 3 is 2.62 bits per heavy atom. The van der Waals surface area contributed by atoms with Gasteiger partial charge in [-0.25, -0.2) is 13.1 Å². The molecule has 0 saturated heterocycles. The maximum absolute atomic E-state index is 12.3. The van der Waals surface area contributed by atoms with Gasteiger partial charge in [-0.15, -0.1) is 11.3 Å². The van der Waals surface area contributed by atoms with E-state index in [1.54, 1.807) is 19.1 Å². The molecular weight excluding hydrogens is 351 g/mol. The second-order valence-electron chi connectivity index (χ2n) is 4.49. The number of nitrogens with two attached hydrogens (primary N) is 1. The topological polar surface area (TPSA) is 72.2 Å². The lowest BCUT2D eigenvalue weighted by atomic mass is 10.2. The molecule has 2 rings (SSSR count). The van der Waals surface area contributed by atoms with Gasteiger partial charge in [-0.2, -0.15) is 0 Å². The first kappa shape index (κ1) is 16.6. The lowest BCUT2D eigenvalue weighted by molar-refractivity contribution is 0.581. The van der Waals surface area contributed by atoms with E-state index in [9.17, 15) is 8.42 Å². The van der Waals surface area contributed by atoms with Crippen molar-refractivity contribution in [3.05, 3.63) is 44.1 Å². The number of nitrogen functional groups attached to an aromatic ring is 1. The van der Waals surface area contributed by atoms with E-state index in [4.69, 9.17) is 28.9 Å². The highest BCUT2D eigenvalue weighted by atomic mass is 35.5. The zero-order valence-corrected chi connectivity index (χ0v) is 14.3. The molecule has 3 N–H and O–H groups in total. The summed E-state index contributed by atoms with van der Waals surface area (Å²) in [5.41, 5.74) is 6.47. The van der Waals surface area contributed by atoms with Crippen LogP contribution in [0.3, 0.4) is 0 Å². The highest BCUT2D eigenvalue weighted by molar-refractivity contribution is 7.89. The van der Waals surface area contributed by atoms with E-state index in [1.807, 2.05) is 6.07 Å². The average molecular weight is 365 g/mol. The Morgan fingerprint density at radius 1 is 1.29 bits per heavy atom. The zero-order chi connectivity index (χ0) is 15.6. The lowest BCUT2D eigenvalue weighted by Gasteiger charge is -2.10. The van der Waals surface area contributed by atoms with Gasteiger partial charge in [0.2, 0.25) is 10.0 Å². The Kier molecular flexibility index (Phi) is 5.16. The van der Waals surface area contributed by atoms with Crippen LogP contribution in [0.5, 0.6) is 0 Å². The molecule has 1 heterocycles. The van der Waals surface area contributed by atoms with Gasteiger partial charge in [0.1, 0.15) is 0 Å². The van der Waals surface area contributed by atoms with E-state index in [0.717, 1.165) is 4.88 Å². The van der Waals surface area contributed by atoms with Crippen molar-refractivity contribution in [3.63, 3.8) is 0 Å². The lowest BCUT2D eigenvalue weighted by Crippen LogP contribution is -2.26. The van der Waals surface area contributed by atoms with Crippen LogP contribution >= 0.6 is 34.5 Å². The molecule has 0 bridgehead atoms. The molecule has 2 aromatic rings. The van der Waals surface area contributed by atoms with Crippen LogP contribution in [0.2, 0.25) is 9.36 Å². The normalized spacial score (nSPS) is 11.8. The number of thiophene rings is 1. The predicted molar refractivity (Wildman–Crippen MR) is 88.8 cm³/mol. The van der Waals surface area contributed by atoms with E-state index in [0.29, 0.717) is 27.9 Å². The van der Waals surface area contributed by atoms with Crippen LogP contribution < -0.4 is 10.5 Å². The molecule has 1 aromatic carbocycles. The smallest absolute Gasteiger partial charge is 0.240 e. The van der Waals surface area contributed by atoms with Crippen LogP contribution in [-0.2, 0) is 16.4 Å². The van der Waals surface area contributed by atoms with Gasteiger partial charge in [-0.3, -0.25) is 0 Å². The third kappa shape index (κ3) is 4.11. The Hall–Kier alpha value is -0.790. The Balaban J connectivity index is 2.10. The zero-order valence-electron chi connectivity index (χ0n) is 11.2. The molecule has 8 heteroatoms. The Bertz CT molecular complexity index is 758. The summed E-state index contributed by atoms with van der Waals surface area (Å²) in [5, 5.41) is 0.347. The number of hydrogen-bond acceptors (Lipinski definition) is 4. The van der Waals surface area contributed by atoms with Gasteiger partial charge in [0, 0.05) is 11.4 Å². The van der Waals surface area contributed by atoms with Gasteiger partial charge in [0.15, 0.2) is 0 Å². The molecule has 0 atom stereocenters. The first-order valence-electron chi connectivity index (χ1n) is 6.09. The second-order valence-corrected chi connectivity index (χ2v) is 8.44. The first-order chi connectivity index (χ1) is 9.79. The van der Waals surface area contributed by atoms with Crippen LogP contribution in [0.1, 0.15) is 10.4 Å². The SMILES string of the molecule is Cc1cc(Cl)c(N)cc1S(=O)(=O)NCCc1ccc(Cl)s1. The molecular formula is C13H14Cl2N2O2S2. The number of nitrogens with one attached hydrogen (secondary N) is 1. The second kappa shape index (κ2) is 6.54. The summed E-state index contributed by atoms with van der Waals surface area (Å²) in [5.74, 6) is 0. The van der Waals surface area contributed by atoms with Crippen LogP contribution in [0.15, 0.2) is 29.2 Å². The molecule has 0 radical (unpaired) electrons.